The number of hydrogen-bond acceptors (Lipinski definition) is 4. The number of unbranched alkanes of at least 4 members (excludes halogenated alkanes) is 15. The first-order valence-corrected chi connectivity index (χ1v) is 19.4. The third-order valence-corrected chi connectivity index (χ3v) is 8.16. The lowest BCUT2D eigenvalue weighted by Gasteiger charge is -2.14. The highest BCUT2D eigenvalue weighted by molar-refractivity contribution is 5.80. The molecule has 0 spiro atoms. The number of carboxylic acids is 1. The van der Waals surface area contributed by atoms with Gasteiger partial charge in [-0.3, -0.25) is 14.4 Å². The Bertz CT molecular complexity index is 917. The van der Waals surface area contributed by atoms with Gasteiger partial charge in [0.2, 0.25) is 5.91 Å². The van der Waals surface area contributed by atoms with Crippen molar-refractivity contribution >= 4 is 17.8 Å². The number of allylic oxidation sites excluding steroid dienone is 9. The molecular weight excluding hydrogens is 598 g/mol. The van der Waals surface area contributed by atoms with Gasteiger partial charge in [0, 0.05) is 12.8 Å². The average molecular weight is 670 g/mol. The number of rotatable bonds is 34. The minimum atomic E-state index is -1.02. The molecule has 2 N–H and O–H groups in total. The summed E-state index contributed by atoms with van der Waals surface area (Å²) in [7, 11) is 0. The zero-order valence-electron chi connectivity index (χ0n) is 30.8. The summed E-state index contributed by atoms with van der Waals surface area (Å²) in [5, 5.41) is 11.0. The summed E-state index contributed by atoms with van der Waals surface area (Å²) < 4.78 is 5.90. The van der Waals surface area contributed by atoms with Crippen LogP contribution < -0.4 is 5.32 Å². The maximum atomic E-state index is 12.6. The molecule has 6 nitrogen and oxygen atoms in total. The van der Waals surface area contributed by atoms with Crippen LogP contribution in [0.3, 0.4) is 0 Å². The molecule has 48 heavy (non-hydrogen) atoms. The van der Waals surface area contributed by atoms with Crippen LogP contribution >= 0.6 is 0 Å². The van der Waals surface area contributed by atoms with Crippen LogP contribution in [0.15, 0.2) is 60.8 Å². The van der Waals surface area contributed by atoms with Crippen molar-refractivity contribution in [3.05, 3.63) is 60.8 Å². The topological polar surface area (TPSA) is 92.7 Å². The van der Waals surface area contributed by atoms with Crippen LogP contribution in [0.1, 0.15) is 174 Å². The number of nitrogens with one attached hydrogen (secondary N) is 1. The highest BCUT2D eigenvalue weighted by atomic mass is 16.5. The summed E-state index contributed by atoms with van der Waals surface area (Å²) in [5.74, 6) is -1.30. The third-order valence-electron chi connectivity index (χ3n) is 8.16. The lowest BCUT2D eigenvalue weighted by atomic mass is 10.1. The molecule has 0 aliphatic rings. The quantitative estimate of drug-likeness (QED) is 0.0404. The van der Waals surface area contributed by atoms with Gasteiger partial charge in [0.05, 0.1) is 0 Å². The smallest absolute Gasteiger partial charge is 0.322 e. The van der Waals surface area contributed by atoms with E-state index >= 15 is 0 Å². The minimum Gasteiger partial charge on any atom is -0.480 e. The molecule has 0 bridgehead atoms. The molecule has 0 rings (SSSR count). The molecule has 0 aromatic heterocycles. The number of carboxylic acid groups (broad SMARTS) is 1. The SMILES string of the molecule is CC/C=C\C/C=C\C/C=C\CCCCCCCCCC(=O)OC(/C=C\C/C=C\CCCCC)CCCCCCCCC(=O)NCC(=O)O. The molecule has 0 aliphatic carbocycles. The van der Waals surface area contributed by atoms with Crippen molar-refractivity contribution in [3.8, 4) is 0 Å². The molecule has 0 saturated heterocycles. The number of carbonyl (C=O) groups excluding carboxylic acids is 2. The predicted octanol–water partition coefficient (Wildman–Crippen LogP) is 11.7. The maximum absolute atomic E-state index is 12.6. The van der Waals surface area contributed by atoms with Gasteiger partial charge >= 0.3 is 11.9 Å². The molecule has 0 heterocycles. The van der Waals surface area contributed by atoms with Crippen LogP contribution in [-0.4, -0.2) is 35.6 Å². The van der Waals surface area contributed by atoms with Crippen molar-refractivity contribution in [2.45, 2.75) is 180 Å². The molecule has 0 aromatic rings. The van der Waals surface area contributed by atoms with Crippen molar-refractivity contribution in [2.75, 3.05) is 6.54 Å². The van der Waals surface area contributed by atoms with Gasteiger partial charge in [0.1, 0.15) is 12.6 Å². The van der Waals surface area contributed by atoms with Crippen LogP contribution in [0.5, 0.6) is 0 Å². The highest BCUT2D eigenvalue weighted by Crippen LogP contribution is 2.15. The molecule has 0 radical (unpaired) electrons. The van der Waals surface area contributed by atoms with Crippen molar-refractivity contribution in [1.82, 2.24) is 5.32 Å². The second kappa shape index (κ2) is 36.9. The fourth-order valence-electron chi connectivity index (χ4n) is 5.30. The fourth-order valence-corrected chi connectivity index (χ4v) is 5.30. The first kappa shape index (κ1) is 45.1. The zero-order chi connectivity index (χ0) is 35.2. The van der Waals surface area contributed by atoms with Crippen LogP contribution in [0, 0.1) is 0 Å². The Morgan fingerprint density at radius 2 is 1.08 bits per heavy atom. The molecule has 0 saturated carbocycles. The van der Waals surface area contributed by atoms with Crippen molar-refractivity contribution in [3.63, 3.8) is 0 Å². The molecule has 6 heteroatoms. The summed E-state index contributed by atoms with van der Waals surface area (Å²) in [6, 6.07) is 0. The van der Waals surface area contributed by atoms with Crippen molar-refractivity contribution in [2.24, 2.45) is 0 Å². The fraction of sp³-hybridized carbons (Fsp3) is 0.690. The summed E-state index contributed by atoms with van der Waals surface area (Å²) >= 11 is 0. The standard InChI is InChI=1S/C42H71NO5/c1-3-5-7-9-11-13-14-15-16-17-18-19-20-21-23-29-33-37-42(47)48-39(34-30-26-22-12-10-8-6-4-2)35-31-27-24-25-28-32-36-40(44)43-38-41(45)46/h5,7,11-13,15-16,22,30,34,39H,3-4,6,8-10,14,17-21,23-29,31-33,35-38H2,1-2H3,(H,43,44)(H,45,46)/b7-5-,13-11-,16-15-,22-12-,34-30-. The second-order valence-electron chi connectivity index (χ2n) is 12.8. The van der Waals surface area contributed by atoms with Crippen LogP contribution in [0.2, 0.25) is 0 Å². The number of ether oxygens (including phenoxy) is 1. The molecule has 274 valence electrons. The van der Waals surface area contributed by atoms with Gasteiger partial charge in [-0.2, -0.15) is 0 Å². The molecule has 1 atom stereocenters. The normalized spacial score (nSPS) is 12.7. The summed E-state index contributed by atoms with van der Waals surface area (Å²) in [5.41, 5.74) is 0. The first-order valence-electron chi connectivity index (χ1n) is 19.4. The monoisotopic (exact) mass is 670 g/mol. The highest BCUT2D eigenvalue weighted by Gasteiger charge is 2.11. The Labute approximate surface area is 294 Å². The van der Waals surface area contributed by atoms with Gasteiger partial charge in [-0.15, -0.1) is 0 Å². The van der Waals surface area contributed by atoms with E-state index in [2.05, 4.69) is 79.9 Å². The Balaban J connectivity index is 4.17. The lowest BCUT2D eigenvalue weighted by molar-refractivity contribution is -0.147. The molecule has 0 aromatic carbocycles. The third kappa shape index (κ3) is 36.0. The summed E-state index contributed by atoms with van der Waals surface area (Å²) in [4.78, 5) is 34.8. The zero-order valence-corrected chi connectivity index (χ0v) is 30.8. The number of esters is 1. The number of hydrogen-bond donors (Lipinski definition) is 2. The Hall–Kier alpha value is -2.89. The minimum absolute atomic E-state index is 0.0833. The molecule has 0 fully saturated rings. The van der Waals surface area contributed by atoms with E-state index in [0.717, 1.165) is 96.3 Å². The molecule has 1 unspecified atom stereocenters. The van der Waals surface area contributed by atoms with Gasteiger partial charge < -0.3 is 15.2 Å². The van der Waals surface area contributed by atoms with E-state index in [-0.39, 0.29) is 24.5 Å². The predicted molar refractivity (Wildman–Crippen MR) is 203 cm³/mol. The van der Waals surface area contributed by atoms with Crippen molar-refractivity contribution in [1.29, 1.82) is 0 Å². The summed E-state index contributed by atoms with van der Waals surface area (Å²) in [6.45, 7) is 4.06. The van der Waals surface area contributed by atoms with E-state index in [1.54, 1.807) is 0 Å². The van der Waals surface area contributed by atoms with Gasteiger partial charge in [0.25, 0.3) is 0 Å². The summed E-state index contributed by atoms with van der Waals surface area (Å²) in [6.07, 6.45) is 47.9. The first-order chi connectivity index (χ1) is 23.5. The maximum Gasteiger partial charge on any atom is 0.322 e. The van der Waals surface area contributed by atoms with Gasteiger partial charge in [-0.25, -0.2) is 0 Å². The number of carbonyl (C=O) groups is 3. The van der Waals surface area contributed by atoms with Gasteiger partial charge in [-0.05, 0) is 83.1 Å². The lowest BCUT2D eigenvalue weighted by Crippen LogP contribution is -2.28. The van der Waals surface area contributed by atoms with Gasteiger partial charge in [0.15, 0.2) is 0 Å². The Kier molecular flexibility index (Phi) is 34.7. The molecule has 1 amide bonds. The average Bonchev–Trinajstić information content (AvgIpc) is 3.07. The van der Waals surface area contributed by atoms with E-state index in [1.807, 2.05) is 0 Å². The van der Waals surface area contributed by atoms with Crippen LogP contribution in [0.25, 0.3) is 0 Å². The van der Waals surface area contributed by atoms with Crippen LogP contribution in [-0.2, 0) is 19.1 Å². The largest absolute Gasteiger partial charge is 0.480 e. The van der Waals surface area contributed by atoms with Crippen molar-refractivity contribution < 1.29 is 24.2 Å². The Morgan fingerprint density at radius 1 is 0.583 bits per heavy atom. The molecule has 0 aliphatic heterocycles. The van der Waals surface area contributed by atoms with E-state index in [4.69, 9.17) is 9.84 Å². The number of amides is 1. The van der Waals surface area contributed by atoms with Crippen LogP contribution in [0.4, 0.5) is 0 Å². The van der Waals surface area contributed by atoms with Gasteiger partial charge in [-0.1, -0.05) is 139 Å². The Morgan fingerprint density at radius 3 is 1.69 bits per heavy atom. The number of aliphatic carboxylic acids is 1. The second-order valence-corrected chi connectivity index (χ2v) is 12.8. The van der Waals surface area contributed by atoms with E-state index in [1.165, 1.54) is 51.4 Å². The van der Waals surface area contributed by atoms with E-state index in [0.29, 0.717) is 12.8 Å². The van der Waals surface area contributed by atoms with E-state index in [9.17, 15) is 14.4 Å². The molecular formula is C42H71NO5. The van der Waals surface area contributed by atoms with E-state index < -0.39 is 5.97 Å².